The number of carbonyl (C=O) groups excluding carboxylic acids is 1. The molecule has 0 radical (unpaired) electrons. The minimum Gasteiger partial charge on any atom is -0.488 e. The maximum absolute atomic E-state index is 12.9. The van der Waals surface area contributed by atoms with Crippen molar-refractivity contribution in [1.82, 2.24) is 4.90 Å². The van der Waals surface area contributed by atoms with Crippen LogP contribution in [0.5, 0.6) is 5.75 Å². The molecular weight excluding hydrogens is 374 g/mol. The molecule has 5 nitrogen and oxygen atoms in total. The van der Waals surface area contributed by atoms with E-state index in [4.69, 9.17) is 16.3 Å². The Hall–Kier alpha value is -2.05. The molecule has 1 aliphatic heterocycles. The quantitative estimate of drug-likeness (QED) is 0.782. The summed E-state index contributed by atoms with van der Waals surface area (Å²) in [4.78, 5) is 14.4. The summed E-state index contributed by atoms with van der Waals surface area (Å²) in [6.45, 7) is 0.309. The Kier molecular flexibility index (Phi) is 5.53. The van der Waals surface area contributed by atoms with Crippen LogP contribution >= 0.6 is 11.6 Å². The van der Waals surface area contributed by atoms with Gasteiger partial charge >= 0.3 is 0 Å². The molecule has 1 aliphatic rings. The lowest BCUT2D eigenvalue weighted by Gasteiger charge is -2.24. The Morgan fingerprint density at radius 2 is 1.88 bits per heavy atom. The summed E-state index contributed by atoms with van der Waals surface area (Å²) >= 11 is 5.88. The molecule has 1 amide bonds. The molecule has 3 rings (SSSR count). The van der Waals surface area contributed by atoms with E-state index in [1.54, 1.807) is 43.4 Å². The molecule has 138 valence electrons. The van der Waals surface area contributed by atoms with E-state index in [0.29, 0.717) is 29.4 Å². The van der Waals surface area contributed by atoms with Crippen molar-refractivity contribution in [3.63, 3.8) is 0 Å². The number of rotatable bonds is 5. The number of ether oxygens (including phenoxy) is 1. The minimum atomic E-state index is -3.05. The summed E-state index contributed by atoms with van der Waals surface area (Å²) in [5, 5.41) is 0.650. The monoisotopic (exact) mass is 393 g/mol. The van der Waals surface area contributed by atoms with E-state index in [1.165, 1.54) is 4.90 Å². The molecule has 0 unspecified atom stereocenters. The SMILES string of the molecule is CN(C(=O)c1ccccc1OCc1ccc(Cl)cc1)[C@H]1CCS(=O)(=O)C1. The molecule has 1 heterocycles. The van der Waals surface area contributed by atoms with E-state index in [2.05, 4.69) is 0 Å². The van der Waals surface area contributed by atoms with E-state index in [0.717, 1.165) is 5.56 Å². The van der Waals surface area contributed by atoms with Crippen LogP contribution in [0.15, 0.2) is 48.5 Å². The van der Waals surface area contributed by atoms with Gasteiger partial charge in [0.15, 0.2) is 9.84 Å². The summed E-state index contributed by atoms with van der Waals surface area (Å²) in [6.07, 6.45) is 0.471. The molecule has 26 heavy (non-hydrogen) atoms. The molecule has 0 spiro atoms. The van der Waals surface area contributed by atoms with Gasteiger partial charge in [-0.2, -0.15) is 0 Å². The van der Waals surface area contributed by atoms with E-state index >= 15 is 0 Å². The van der Waals surface area contributed by atoms with Crippen molar-refractivity contribution in [1.29, 1.82) is 0 Å². The lowest BCUT2D eigenvalue weighted by molar-refractivity contribution is 0.0743. The van der Waals surface area contributed by atoms with Crippen molar-refractivity contribution in [2.24, 2.45) is 0 Å². The summed E-state index contributed by atoms with van der Waals surface area (Å²) < 4.78 is 29.2. The van der Waals surface area contributed by atoms with Gasteiger partial charge in [0.2, 0.25) is 0 Å². The molecular formula is C19H20ClNO4S. The first kappa shape index (κ1) is 18.7. The molecule has 1 atom stereocenters. The Labute approximate surface area is 158 Å². The Morgan fingerprint density at radius 1 is 1.19 bits per heavy atom. The molecule has 1 saturated heterocycles. The highest BCUT2D eigenvalue weighted by molar-refractivity contribution is 7.91. The molecule has 0 saturated carbocycles. The number of amides is 1. The van der Waals surface area contributed by atoms with Crippen LogP contribution in [0, 0.1) is 0 Å². The lowest BCUT2D eigenvalue weighted by Crippen LogP contribution is -2.38. The predicted octanol–water partition coefficient (Wildman–Crippen LogP) is 3.18. The number of benzene rings is 2. The van der Waals surface area contributed by atoms with E-state index < -0.39 is 9.84 Å². The fourth-order valence-corrected chi connectivity index (χ4v) is 4.85. The second-order valence-electron chi connectivity index (χ2n) is 6.38. The Morgan fingerprint density at radius 3 is 2.54 bits per heavy atom. The predicted molar refractivity (Wildman–Crippen MR) is 101 cm³/mol. The van der Waals surface area contributed by atoms with Gasteiger partial charge in [0.1, 0.15) is 12.4 Å². The second-order valence-corrected chi connectivity index (χ2v) is 9.05. The van der Waals surface area contributed by atoms with Gasteiger partial charge in [-0.1, -0.05) is 35.9 Å². The summed E-state index contributed by atoms with van der Waals surface area (Å²) in [5.74, 6) is 0.381. The van der Waals surface area contributed by atoms with Crippen LogP contribution in [-0.4, -0.2) is 43.8 Å². The van der Waals surface area contributed by atoms with Crippen molar-refractivity contribution in [2.45, 2.75) is 19.1 Å². The maximum atomic E-state index is 12.9. The van der Waals surface area contributed by atoms with Crippen LogP contribution in [0.3, 0.4) is 0 Å². The topological polar surface area (TPSA) is 63.7 Å². The van der Waals surface area contributed by atoms with Gasteiger partial charge in [-0.05, 0) is 36.2 Å². The maximum Gasteiger partial charge on any atom is 0.257 e. The van der Waals surface area contributed by atoms with Gasteiger partial charge in [-0.25, -0.2) is 8.42 Å². The molecule has 0 aliphatic carbocycles. The molecule has 7 heteroatoms. The zero-order valence-electron chi connectivity index (χ0n) is 14.4. The first-order valence-electron chi connectivity index (χ1n) is 8.29. The molecule has 2 aromatic rings. The number of hydrogen-bond donors (Lipinski definition) is 0. The normalized spacial score (nSPS) is 18.5. The highest BCUT2D eigenvalue weighted by atomic mass is 35.5. The van der Waals surface area contributed by atoms with Crippen LogP contribution < -0.4 is 4.74 Å². The third kappa shape index (κ3) is 4.37. The third-order valence-electron chi connectivity index (χ3n) is 4.50. The fraction of sp³-hybridized carbons (Fsp3) is 0.316. The van der Waals surface area contributed by atoms with Crippen molar-refractivity contribution in [2.75, 3.05) is 18.6 Å². The average molecular weight is 394 g/mol. The zero-order valence-corrected chi connectivity index (χ0v) is 16.0. The van der Waals surface area contributed by atoms with Gasteiger partial charge in [-0.3, -0.25) is 4.79 Å². The van der Waals surface area contributed by atoms with Gasteiger partial charge in [0, 0.05) is 18.1 Å². The molecule has 1 fully saturated rings. The average Bonchev–Trinajstić information content (AvgIpc) is 3.00. The Balaban J connectivity index is 1.73. The number of sulfone groups is 1. The van der Waals surface area contributed by atoms with Crippen molar-refractivity contribution < 1.29 is 17.9 Å². The van der Waals surface area contributed by atoms with Gasteiger partial charge in [-0.15, -0.1) is 0 Å². The fourth-order valence-electron chi connectivity index (χ4n) is 2.95. The molecule has 0 bridgehead atoms. The van der Waals surface area contributed by atoms with Crippen LogP contribution in [0.4, 0.5) is 0 Å². The van der Waals surface area contributed by atoms with Gasteiger partial charge in [0.25, 0.3) is 5.91 Å². The number of carbonyl (C=O) groups is 1. The highest BCUT2D eigenvalue weighted by Gasteiger charge is 2.33. The first-order valence-corrected chi connectivity index (χ1v) is 10.5. The number of halogens is 1. The van der Waals surface area contributed by atoms with Crippen LogP contribution in [-0.2, 0) is 16.4 Å². The van der Waals surface area contributed by atoms with E-state index in [1.807, 2.05) is 12.1 Å². The lowest BCUT2D eigenvalue weighted by atomic mass is 10.1. The minimum absolute atomic E-state index is 0.0169. The zero-order chi connectivity index (χ0) is 18.7. The second kappa shape index (κ2) is 7.68. The number of nitrogens with zero attached hydrogens (tertiary/aromatic N) is 1. The van der Waals surface area contributed by atoms with Crippen molar-refractivity contribution in [3.05, 3.63) is 64.7 Å². The van der Waals surface area contributed by atoms with Gasteiger partial charge in [0.05, 0.1) is 17.1 Å². The first-order chi connectivity index (χ1) is 12.4. The molecule has 0 aromatic heterocycles. The van der Waals surface area contributed by atoms with Crippen molar-refractivity contribution >= 4 is 27.3 Å². The number of para-hydroxylation sites is 1. The summed E-state index contributed by atoms with van der Waals surface area (Å²) in [6, 6.07) is 14.0. The Bertz CT molecular complexity index is 896. The van der Waals surface area contributed by atoms with Crippen molar-refractivity contribution in [3.8, 4) is 5.75 Å². The van der Waals surface area contributed by atoms with Gasteiger partial charge < -0.3 is 9.64 Å². The van der Waals surface area contributed by atoms with Crippen LogP contribution in [0.25, 0.3) is 0 Å². The molecule has 2 aromatic carbocycles. The smallest absolute Gasteiger partial charge is 0.257 e. The summed E-state index contributed by atoms with van der Waals surface area (Å²) in [7, 11) is -1.41. The third-order valence-corrected chi connectivity index (χ3v) is 6.50. The van der Waals surface area contributed by atoms with Crippen LogP contribution in [0.1, 0.15) is 22.3 Å². The highest BCUT2D eigenvalue weighted by Crippen LogP contribution is 2.24. The molecule has 0 N–H and O–H groups in total. The van der Waals surface area contributed by atoms with Crippen LogP contribution in [0.2, 0.25) is 5.02 Å². The largest absolute Gasteiger partial charge is 0.488 e. The summed E-state index contributed by atoms with van der Waals surface area (Å²) in [5.41, 5.74) is 1.36. The van der Waals surface area contributed by atoms with E-state index in [9.17, 15) is 13.2 Å². The number of hydrogen-bond acceptors (Lipinski definition) is 4. The standard InChI is InChI=1S/C19H20ClNO4S/c1-21(16-10-11-26(23,24)13-16)19(22)17-4-2-3-5-18(17)25-12-14-6-8-15(20)9-7-14/h2-9,16H,10-13H2,1H3/t16-/m0/s1. The van der Waals surface area contributed by atoms with E-state index in [-0.39, 0.29) is 23.5 Å².